The van der Waals surface area contributed by atoms with E-state index in [9.17, 15) is 9.59 Å². The molecular formula is C28H29N5O2. The molecule has 178 valence electrons. The molecule has 2 aromatic heterocycles. The van der Waals surface area contributed by atoms with Gasteiger partial charge >= 0.3 is 0 Å². The van der Waals surface area contributed by atoms with Crippen molar-refractivity contribution in [3.63, 3.8) is 0 Å². The summed E-state index contributed by atoms with van der Waals surface area (Å²) < 4.78 is 0. The minimum atomic E-state index is -0.738. The molecule has 7 nitrogen and oxygen atoms in total. The third-order valence-corrected chi connectivity index (χ3v) is 6.58. The minimum absolute atomic E-state index is 0.0746. The molecule has 1 atom stereocenters. The molecule has 2 aromatic carbocycles. The van der Waals surface area contributed by atoms with Gasteiger partial charge in [-0.1, -0.05) is 48.5 Å². The van der Waals surface area contributed by atoms with Gasteiger partial charge in [-0.05, 0) is 41.8 Å². The van der Waals surface area contributed by atoms with Gasteiger partial charge in [-0.15, -0.1) is 0 Å². The third-order valence-electron chi connectivity index (χ3n) is 6.58. The average molecular weight is 468 g/mol. The van der Waals surface area contributed by atoms with E-state index < -0.39 is 6.04 Å². The van der Waals surface area contributed by atoms with E-state index in [2.05, 4.69) is 20.2 Å². The highest BCUT2D eigenvalue weighted by Gasteiger charge is 2.30. The van der Waals surface area contributed by atoms with Crippen molar-refractivity contribution >= 4 is 22.7 Å². The van der Waals surface area contributed by atoms with Crippen LogP contribution in [-0.4, -0.2) is 64.3 Å². The third kappa shape index (κ3) is 5.41. The number of aromatic amines is 1. The number of H-pyrrole nitrogens is 1. The molecule has 0 bridgehead atoms. The maximum atomic E-state index is 13.6. The number of amides is 2. The molecule has 7 heteroatoms. The van der Waals surface area contributed by atoms with Gasteiger partial charge in [0.25, 0.3) is 5.91 Å². The van der Waals surface area contributed by atoms with E-state index in [1.807, 2.05) is 90.1 Å². The maximum Gasteiger partial charge on any atom is 0.268 e. The van der Waals surface area contributed by atoms with Crippen LogP contribution in [0.2, 0.25) is 0 Å². The molecule has 0 spiro atoms. The van der Waals surface area contributed by atoms with Crippen LogP contribution >= 0.6 is 0 Å². The lowest BCUT2D eigenvalue weighted by Crippen LogP contribution is -2.52. The van der Waals surface area contributed by atoms with E-state index in [4.69, 9.17) is 0 Å². The summed E-state index contributed by atoms with van der Waals surface area (Å²) in [5, 5.41) is 3.95. The number of hydrogen-bond acceptors (Lipinski definition) is 4. The van der Waals surface area contributed by atoms with Crippen molar-refractivity contribution in [3.8, 4) is 0 Å². The van der Waals surface area contributed by atoms with Gasteiger partial charge in [0.2, 0.25) is 5.91 Å². The Kier molecular flexibility index (Phi) is 6.86. The Morgan fingerprint density at radius 1 is 0.914 bits per heavy atom. The van der Waals surface area contributed by atoms with Crippen LogP contribution in [-0.2, 0) is 11.2 Å². The summed E-state index contributed by atoms with van der Waals surface area (Å²) in [6, 6.07) is 22.4. The van der Waals surface area contributed by atoms with Crippen LogP contribution in [0.25, 0.3) is 10.9 Å². The zero-order valence-corrected chi connectivity index (χ0v) is 19.6. The summed E-state index contributed by atoms with van der Waals surface area (Å²) >= 11 is 0. The number of piperazine rings is 1. The zero-order valence-electron chi connectivity index (χ0n) is 19.6. The molecule has 1 aliphatic rings. The summed E-state index contributed by atoms with van der Waals surface area (Å²) in [6.45, 7) is 3.86. The molecule has 0 unspecified atom stereocenters. The Balaban J connectivity index is 1.25. The molecule has 5 rings (SSSR count). The molecule has 0 saturated carbocycles. The van der Waals surface area contributed by atoms with Crippen molar-refractivity contribution in [3.05, 3.63) is 102 Å². The number of benzene rings is 2. The van der Waals surface area contributed by atoms with Gasteiger partial charge in [-0.25, -0.2) is 0 Å². The Labute approximate surface area is 204 Å². The molecule has 2 amide bonds. The normalized spacial score (nSPS) is 15.1. The monoisotopic (exact) mass is 467 g/mol. The van der Waals surface area contributed by atoms with Gasteiger partial charge in [0.15, 0.2) is 0 Å². The number of pyridine rings is 1. The summed E-state index contributed by atoms with van der Waals surface area (Å²) in [4.78, 5) is 38.2. The van der Waals surface area contributed by atoms with Crippen molar-refractivity contribution in [2.75, 3.05) is 32.7 Å². The molecule has 0 aliphatic carbocycles. The predicted octanol–water partition coefficient (Wildman–Crippen LogP) is 3.42. The minimum Gasteiger partial charge on any atom is -0.351 e. The summed E-state index contributed by atoms with van der Waals surface area (Å²) in [5.74, 6) is -0.367. The van der Waals surface area contributed by atoms with Crippen molar-refractivity contribution in [1.82, 2.24) is 25.1 Å². The number of nitrogens with one attached hydrogen (secondary N) is 2. The van der Waals surface area contributed by atoms with Gasteiger partial charge in [-0.3, -0.25) is 19.5 Å². The lowest BCUT2D eigenvalue weighted by Gasteiger charge is -2.36. The number of carbonyl (C=O) groups excluding carboxylic acids is 2. The van der Waals surface area contributed by atoms with Gasteiger partial charge < -0.3 is 15.2 Å². The van der Waals surface area contributed by atoms with Gasteiger partial charge in [0.1, 0.15) is 11.7 Å². The largest absolute Gasteiger partial charge is 0.351 e. The van der Waals surface area contributed by atoms with E-state index in [-0.39, 0.29) is 11.8 Å². The van der Waals surface area contributed by atoms with Crippen LogP contribution in [0, 0.1) is 0 Å². The van der Waals surface area contributed by atoms with E-state index in [0.717, 1.165) is 42.5 Å². The summed E-state index contributed by atoms with van der Waals surface area (Å²) in [7, 11) is 0. The highest BCUT2D eigenvalue weighted by molar-refractivity contribution is 6.00. The summed E-state index contributed by atoms with van der Waals surface area (Å²) in [6.07, 6.45) is 4.60. The zero-order chi connectivity index (χ0) is 24.0. The lowest BCUT2D eigenvalue weighted by atomic mass is 10.0. The van der Waals surface area contributed by atoms with Crippen LogP contribution in [0.4, 0.5) is 0 Å². The van der Waals surface area contributed by atoms with Crippen LogP contribution in [0.3, 0.4) is 0 Å². The summed E-state index contributed by atoms with van der Waals surface area (Å²) in [5.41, 5.74) is 3.38. The molecule has 2 N–H and O–H groups in total. The fourth-order valence-corrected chi connectivity index (χ4v) is 4.55. The van der Waals surface area contributed by atoms with Gasteiger partial charge in [0.05, 0.1) is 0 Å². The Hall–Kier alpha value is -3.97. The first kappa shape index (κ1) is 22.8. The SMILES string of the molecule is O=C(N[C@@H](C(=O)N1CCN(CCc2ccncc2)CC1)c1ccccc1)c1cc2ccccc2[nH]1. The maximum absolute atomic E-state index is 13.6. The predicted molar refractivity (Wildman–Crippen MR) is 136 cm³/mol. The smallest absolute Gasteiger partial charge is 0.268 e. The van der Waals surface area contributed by atoms with Crippen LogP contribution in [0.1, 0.15) is 27.7 Å². The quantitative estimate of drug-likeness (QED) is 0.436. The average Bonchev–Trinajstić information content (AvgIpc) is 3.36. The number of aromatic nitrogens is 2. The topological polar surface area (TPSA) is 81.3 Å². The second-order valence-corrected chi connectivity index (χ2v) is 8.86. The highest BCUT2D eigenvalue weighted by Crippen LogP contribution is 2.20. The Morgan fingerprint density at radius 2 is 1.63 bits per heavy atom. The fourth-order valence-electron chi connectivity index (χ4n) is 4.55. The molecule has 3 heterocycles. The van der Waals surface area contributed by atoms with Gasteiger partial charge in [0, 0.05) is 56.0 Å². The Morgan fingerprint density at radius 3 is 2.37 bits per heavy atom. The standard InChI is InChI=1S/C28H29N5O2/c34-27(25-20-23-8-4-5-9-24(23)30-25)31-26(22-6-2-1-3-7-22)28(35)33-18-16-32(17-19-33)15-12-21-10-13-29-14-11-21/h1-11,13-14,20,26,30H,12,15-19H2,(H,31,34)/t26-/m1/s1. The molecular weight excluding hydrogens is 438 g/mol. The van der Waals surface area contributed by atoms with Crippen molar-refractivity contribution < 1.29 is 9.59 Å². The van der Waals surface area contributed by atoms with Crippen molar-refractivity contribution in [2.24, 2.45) is 0 Å². The van der Waals surface area contributed by atoms with E-state index in [1.54, 1.807) is 0 Å². The number of nitrogens with zero attached hydrogens (tertiary/aromatic N) is 3. The number of para-hydroxylation sites is 1. The first-order valence-corrected chi connectivity index (χ1v) is 12.0. The second kappa shape index (κ2) is 10.5. The molecule has 1 fully saturated rings. The fraction of sp³-hybridized carbons (Fsp3) is 0.250. The molecule has 0 radical (unpaired) electrons. The van der Waals surface area contributed by atoms with E-state index in [0.29, 0.717) is 18.8 Å². The number of rotatable bonds is 7. The molecule has 4 aromatic rings. The first-order valence-electron chi connectivity index (χ1n) is 12.0. The Bertz CT molecular complexity index is 1250. The second-order valence-electron chi connectivity index (χ2n) is 8.86. The van der Waals surface area contributed by atoms with Crippen molar-refractivity contribution in [1.29, 1.82) is 0 Å². The first-order chi connectivity index (χ1) is 17.2. The van der Waals surface area contributed by atoms with E-state index >= 15 is 0 Å². The lowest BCUT2D eigenvalue weighted by molar-refractivity contribution is -0.135. The van der Waals surface area contributed by atoms with Gasteiger partial charge in [-0.2, -0.15) is 0 Å². The van der Waals surface area contributed by atoms with E-state index in [1.165, 1.54) is 5.56 Å². The number of carbonyl (C=O) groups is 2. The van der Waals surface area contributed by atoms with Crippen LogP contribution < -0.4 is 5.32 Å². The number of fused-ring (bicyclic) bond motifs is 1. The molecule has 35 heavy (non-hydrogen) atoms. The van der Waals surface area contributed by atoms with Crippen molar-refractivity contribution in [2.45, 2.75) is 12.5 Å². The molecule has 1 aliphatic heterocycles. The molecule has 1 saturated heterocycles. The highest BCUT2D eigenvalue weighted by atomic mass is 16.2. The van der Waals surface area contributed by atoms with Crippen LogP contribution in [0.5, 0.6) is 0 Å². The number of hydrogen-bond donors (Lipinski definition) is 2. The van der Waals surface area contributed by atoms with Crippen LogP contribution in [0.15, 0.2) is 85.2 Å².